The summed E-state index contributed by atoms with van der Waals surface area (Å²) in [4.78, 5) is 4.61. The zero-order valence-electron chi connectivity index (χ0n) is 18.1. The van der Waals surface area contributed by atoms with Gasteiger partial charge in [-0.3, -0.25) is 4.98 Å². The van der Waals surface area contributed by atoms with Gasteiger partial charge >= 0.3 is 0 Å². The third kappa shape index (κ3) is 2.94. The van der Waals surface area contributed by atoms with Crippen molar-refractivity contribution in [3.8, 4) is 33.5 Å². The molecule has 6 rings (SSSR count). The van der Waals surface area contributed by atoms with Crippen LogP contribution in [0.2, 0.25) is 0 Å². The maximum atomic E-state index is 4.61. The van der Waals surface area contributed by atoms with Crippen LogP contribution in [-0.4, -0.2) is 4.98 Å². The van der Waals surface area contributed by atoms with E-state index in [0.717, 1.165) is 15.7 Å². The van der Waals surface area contributed by atoms with Crippen molar-refractivity contribution in [1.82, 2.24) is 4.98 Å². The highest BCUT2D eigenvalue weighted by Crippen LogP contribution is 2.50. The Labute approximate surface area is 196 Å². The molecule has 0 N–H and O–H groups in total. The molecule has 5 aromatic rings. The second-order valence-electron chi connectivity index (χ2n) is 9.03. The lowest BCUT2D eigenvalue weighted by molar-refractivity contribution is 0.661. The van der Waals surface area contributed by atoms with Crippen molar-refractivity contribution >= 4 is 26.7 Å². The van der Waals surface area contributed by atoms with Crippen LogP contribution < -0.4 is 0 Å². The van der Waals surface area contributed by atoms with Crippen molar-refractivity contribution in [2.45, 2.75) is 19.3 Å². The SMILES string of the molecule is CC1(C)c2cc(-c3ccc(Br)cn3)ccc2-c2ccc(-c3cccc4ccccc34)cc21. The van der Waals surface area contributed by atoms with E-state index < -0.39 is 0 Å². The summed E-state index contributed by atoms with van der Waals surface area (Å²) < 4.78 is 0.996. The molecule has 0 saturated carbocycles. The number of nitrogens with zero attached hydrogens (tertiary/aromatic N) is 1. The predicted molar refractivity (Wildman–Crippen MR) is 138 cm³/mol. The van der Waals surface area contributed by atoms with Crippen LogP contribution in [-0.2, 0) is 5.41 Å². The standard InChI is InChI=1S/C30H22BrN/c1-30(2)27-16-20(24-9-5-7-19-6-3-4-8-23(19)24)10-13-25(27)26-14-11-21(17-28(26)30)29-15-12-22(31)18-32-29/h3-18H,1-2H3. The van der Waals surface area contributed by atoms with Crippen LogP contribution >= 0.6 is 15.9 Å². The van der Waals surface area contributed by atoms with Crippen LogP contribution in [0.15, 0.2) is 102 Å². The molecule has 0 saturated heterocycles. The molecule has 154 valence electrons. The van der Waals surface area contributed by atoms with Crippen LogP contribution in [0.4, 0.5) is 0 Å². The molecule has 0 aliphatic heterocycles. The van der Waals surface area contributed by atoms with Gasteiger partial charge in [-0.2, -0.15) is 0 Å². The first-order chi connectivity index (χ1) is 15.5. The maximum Gasteiger partial charge on any atom is 0.0702 e. The molecule has 0 spiro atoms. The topological polar surface area (TPSA) is 12.9 Å². The van der Waals surface area contributed by atoms with Crippen molar-refractivity contribution in [2.75, 3.05) is 0 Å². The predicted octanol–water partition coefficient (Wildman–Crippen LogP) is 8.64. The fourth-order valence-electron chi connectivity index (χ4n) is 5.09. The van der Waals surface area contributed by atoms with Gasteiger partial charge in [0, 0.05) is 21.6 Å². The molecule has 1 aliphatic rings. The molecule has 0 unspecified atom stereocenters. The van der Waals surface area contributed by atoms with E-state index in [-0.39, 0.29) is 5.41 Å². The molecule has 1 nitrogen and oxygen atoms in total. The van der Waals surface area contributed by atoms with E-state index in [1.807, 2.05) is 12.3 Å². The zero-order valence-corrected chi connectivity index (χ0v) is 19.6. The summed E-state index contributed by atoms with van der Waals surface area (Å²) in [6, 6.07) is 33.1. The van der Waals surface area contributed by atoms with Crippen molar-refractivity contribution in [3.05, 3.63) is 113 Å². The van der Waals surface area contributed by atoms with E-state index in [1.165, 1.54) is 44.2 Å². The van der Waals surface area contributed by atoms with Gasteiger partial charge in [0.15, 0.2) is 0 Å². The number of fused-ring (bicyclic) bond motifs is 4. The van der Waals surface area contributed by atoms with Gasteiger partial charge in [-0.05, 0) is 84.3 Å². The molecule has 0 radical (unpaired) electrons. The molecule has 1 aromatic heterocycles. The van der Waals surface area contributed by atoms with E-state index >= 15 is 0 Å². The van der Waals surface area contributed by atoms with Gasteiger partial charge in [0.2, 0.25) is 0 Å². The molecule has 0 bridgehead atoms. The molecular weight excluding hydrogens is 454 g/mol. The Hall–Kier alpha value is -3.23. The van der Waals surface area contributed by atoms with E-state index in [1.54, 1.807) is 0 Å². The van der Waals surface area contributed by atoms with Crippen LogP contribution in [0, 0.1) is 0 Å². The number of benzene rings is 4. The van der Waals surface area contributed by atoms with E-state index in [4.69, 9.17) is 0 Å². The average Bonchev–Trinajstić information content (AvgIpc) is 3.05. The fourth-order valence-corrected chi connectivity index (χ4v) is 5.32. The van der Waals surface area contributed by atoms with Gasteiger partial charge in [0.1, 0.15) is 0 Å². The molecular formula is C30H22BrN. The van der Waals surface area contributed by atoms with Crippen molar-refractivity contribution < 1.29 is 0 Å². The fraction of sp³-hybridized carbons (Fsp3) is 0.100. The number of hydrogen-bond donors (Lipinski definition) is 0. The van der Waals surface area contributed by atoms with Gasteiger partial charge in [0.25, 0.3) is 0 Å². The molecule has 0 fully saturated rings. The van der Waals surface area contributed by atoms with Crippen molar-refractivity contribution in [2.24, 2.45) is 0 Å². The number of aromatic nitrogens is 1. The highest BCUT2D eigenvalue weighted by atomic mass is 79.9. The zero-order chi connectivity index (χ0) is 21.9. The number of halogens is 1. The second kappa shape index (κ2) is 7.15. The Kier molecular flexibility index (Phi) is 4.34. The van der Waals surface area contributed by atoms with Crippen LogP contribution in [0.1, 0.15) is 25.0 Å². The molecule has 0 amide bonds. The molecule has 2 heteroatoms. The Morgan fingerprint density at radius 3 is 2.09 bits per heavy atom. The number of pyridine rings is 1. The lowest BCUT2D eigenvalue weighted by atomic mass is 9.81. The quantitative estimate of drug-likeness (QED) is 0.249. The van der Waals surface area contributed by atoms with E-state index in [0.29, 0.717) is 0 Å². The normalized spacial score (nSPS) is 13.7. The minimum absolute atomic E-state index is 0.0728. The molecule has 1 aliphatic carbocycles. The Bertz CT molecular complexity index is 1490. The molecule has 1 heterocycles. The van der Waals surface area contributed by atoms with Crippen molar-refractivity contribution in [3.63, 3.8) is 0 Å². The highest BCUT2D eigenvalue weighted by Gasteiger charge is 2.36. The summed E-state index contributed by atoms with van der Waals surface area (Å²) in [5.74, 6) is 0. The lowest BCUT2D eigenvalue weighted by Crippen LogP contribution is -2.15. The number of rotatable bonds is 2. The first kappa shape index (κ1) is 19.5. The maximum absolute atomic E-state index is 4.61. The monoisotopic (exact) mass is 475 g/mol. The lowest BCUT2D eigenvalue weighted by Gasteiger charge is -2.22. The molecule has 0 atom stereocenters. The third-order valence-electron chi connectivity index (χ3n) is 6.80. The van der Waals surface area contributed by atoms with Gasteiger partial charge in [-0.25, -0.2) is 0 Å². The summed E-state index contributed by atoms with van der Waals surface area (Å²) in [6.07, 6.45) is 1.86. The molecule has 32 heavy (non-hydrogen) atoms. The Balaban J connectivity index is 1.49. The second-order valence-corrected chi connectivity index (χ2v) is 9.95. The summed E-state index contributed by atoms with van der Waals surface area (Å²) in [5, 5.41) is 2.58. The van der Waals surface area contributed by atoms with Gasteiger partial charge in [-0.15, -0.1) is 0 Å². The summed E-state index contributed by atoms with van der Waals surface area (Å²) >= 11 is 3.48. The molecule has 4 aromatic carbocycles. The first-order valence-corrected chi connectivity index (χ1v) is 11.7. The van der Waals surface area contributed by atoms with Crippen LogP contribution in [0.3, 0.4) is 0 Å². The van der Waals surface area contributed by atoms with E-state index in [2.05, 4.69) is 120 Å². The third-order valence-corrected chi connectivity index (χ3v) is 7.27. The summed E-state index contributed by atoms with van der Waals surface area (Å²) in [7, 11) is 0. The first-order valence-electron chi connectivity index (χ1n) is 10.9. The van der Waals surface area contributed by atoms with Gasteiger partial charge in [0.05, 0.1) is 5.69 Å². The van der Waals surface area contributed by atoms with Crippen LogP contribution in [0.5, 0.6) is 0 Å². The van der Waals surface area contributed by atoms with Crippen molar-refractivity contribution in [1.29, 1.82) is 0 Å². The Morgan fingerprint density at radius 2 is 1.34 bits per heavy atom. The number of hydrogen-bond acceptors (Lipinski definition) is 1. The van der Waals surface area contributed by atoms with Gasteiger partial charge in [-0.1, -0.05) is 80.6 Å². The minimum atomic E-state index is -0.0728. The Morgan fingerprint density at radius 1 is 0.656 bits per heavy atom. The summed E-state index contributed by atoms with van der Waals surface area (Å²) in [6.45, 7) is 4.67. The average molecular weight is 476 g/mol. The summed E-state index contributed by atoms with van der Waals surface area (Å²) in [5.41, 5.74) is 10.1. The highest BCUT2D eigenvalue weighted by molar-refractivity contribution is 9.10. The van der Waals surface area contributed by atoms with Gasteiger partial charge < -0.3 is 0 Å². The largest absolute Gasteiger partial charge is 0.255 e. The van der Waals surface area contributed by atoms with E-state index in [9.17, 15) is 0 Å². The smallest absolute Gasteiger partial charge is 0.0702 e. The minimum Gasteiger partial charge on any atom is -0.255 e. The van der Waals surface area contributed by atoms with Crippen LogP contribution in [0.25, 0.3) is 44.3 Å².